The zero-order valence-corrected chi connectivity index (χ0v) is 15.5. The van der Waals surface area contributed by atoms with E-state index in [-0.39, 0.29) is 5.91 Å². The average molecular weight is 364 g/mol. The SMILES string of the molecule is COc1ccc(CSc2ncc(NC(C)=O)cc2-c2ccccc2)cc1. The molecule has 0 spiro atoms. The molecule has 4 nitrogen and oxygen atoms in total. The van der Waals surface area contributed by atoms with E-state index in [1.165, 1.54) is 12.5 Å². The summed E-state index contributed by atoms with van der Waals surface area (Å²) in [6.07, 6.45) is 1.70. The third kappa shape index (κ3) is 4.64. The van der Waals surface area contributed by atoms with Gasteiger partial charge in [-0.3, -0.25) is 4.79 Å². The number of carbonyl (C=O) groups is 1. The first-order chi connectivity index (χ1) is 12.7. The van der Waals surface area contributed by atoms with Crippen LogP contribution in [-0.4, -0.2) is 18.0 Å². The lowest BCUT2D eigenvalue weighted by molar-refractivity contribution is -0.114. The van der Waals surface area contributed by atoms with Crippen molar-refractivity contribution < 1.29 is 9.53 Å². The number of hydrogen-bond donors (Lipinski definition) is 1. The van der Waals surface area contributed by atoms with Crippen LogP contribution in [-0.2, 0) is 10.5 Å². The fourth-order valence-electron chi connectivity index (χ4n) is 2.54. The van der Waals surface area contributed by atoms with Crippen molar-refractivity contribution in [1.82, 2.24) is 4.98 Å². The smallest absolute Gasteiger partial charge is 0.221 e. The van der Waals surface area contributed by atoms with Crippen molar-refractivity contribution in [3.63, 3.8) is 0 Å². The lowest BCUT2D eigenvalue weighted by atomic mass is 10.1. The molecule has 1 N–H and O–H groups in total. The fourth-order valence-corrected chi connectivity index (χ4v) is 3.49. The van der Waals surface area contributed by atoms with E-state index >= 15 is 0 Å². The quantitative estimate of drug-likeness (QED) is 0.625. The van der Waals surface area contributed by atoms with Crippen LogP contribution in [0, 0.1) is 0 Å². The third-order valence-corrected chi connectivity index (χ3v) is 4.87. The summed E-state index contributed by atoms with van der Waals surface area (Å²) in [7, 11) is 1.66. The van der Waals surface area contributed by atoms with Crippen LogP contribution >= 0.6 is 11.8 Å². The van der Waals surface area contributed by atoms with Crippen LogP contribution in [0.15, 0.2) is 71.9 Å². The van der Waals surface area contributed by atoms with Crippen LogP contribution in [0.3, 0.4) is 0 Å². The minimum Gasteiger partial charge on any atom is -0.497 e. The van der Waals surface area contributed by atoms with Crippen LogP contribution in [0.2, 0.25) is 0 Å². The highest BCUT2D eigenvalue weighted by Crippen LogP contribution is 2.33. The Kier molecular flexibility index (Phi) is 5.92. The van der Waals surface area contributed by atoms with Crippen molar-refractivity contribution in [2.45, 2.75) is 17.7 Å². The second kappa shape index (κ2) is 8.54. The molecule has 26 heavy (non-hydrogen) atoms. The monoisotopic (exact) mass is 364 g/mol. The van der Waals surface area contributed by atoms with E-state index in [1.54, 1.807) is 25.1 Å². The number of pyridine rings is 1. The van der Waals surface area contributed by atoms with E-state index < -0.39 is 0 Å². The fraction of sp³-hybridized carbons (Fsp3) is 0.143. The van der Waals surface area contributed by atoms with Gasteiger partial charge in [0.1, 0.15) is 10.8 Å². The Balaban J connectivity index is 1.86. The van der Waals surface area contributed by atoms with Crippen molar-refractivity contribution >= 4 is 23.4 Å². The van der Waals surface area contributed by atoms with Crippen LogP contribution in [0.25, 0.3) is 11.1 Å². The maximum Gasteiger partial charge on any atom is 0.221 e. The first-order valence-corrected chi connectivity index (χ1v) is 9.23. The summed E-state index contributed by atoms with van der Waals surface area (Å²) in [6.45, 7) is 1.49. The minimum atomic E-state index is -0.107. The molecule has 0 bridgehead atoms. The molecule has 1 amide bonds. The summed E-state index contributed by atoms with van der Waals surface area (Å²) in [5.41, 5.74) is 3.98. The number of amides is 1. The molecule has 132 valence electrons. The van der Waals surface area contributed by atoms with Gasteiger partial charge in [0.25, 0.3) is 0 Å². The zero-order valence-electron chi connectivity index (χ0n) is 14.7. The molecule has 0 saturated heterocycles. The summed E-state index contributed by atoms with van der Waals surface area (Å²) in [6, 6.07) is 20.1. The van der Waals surface area contributed by atoms with E-state index in [9.17, 15) is 4.79 Å². The van der Waals surface area contributed by atoms with E-state index in [4.69, 9.17) is 4.74 Å². The average Bonchev–Trinajstić information content (AvgIpc) is 2.67. The van der Waals surface area contributed by atoms with E-state index in [1.807, 2.05) is 48.5 Å². The summed E-state index contributed by atoms with van der Waals surface area (Å²) >= 11 is 1.67. The lowest BCUT2D eigenvalue weighted by Gasteiger charge is -2.11. The van der Waals surface area contributed by atoms with Crippen molar-refractivity contribution in [1.29, 1.82) is 0 Å². The van der Waals surface area contributed by atoms with Gasteiger partial charge in [0.15, 0.2) is 0 Å². The molecule has 0 saturated carbocycles. The topological polar surface area (TPSA) is 51.2 Å². The van der Waals surface area contributed by atoms with Crippen molar-refractivity contribution in [3.05, 3.63) is 72.4 Å². The van der Waals surface area contributed by atoms with Gasteiger partial charge in [0.2, 0.25) is 5.91 Å². The number of methoxy groups -OCH3 is 1. The predicted molar refractivity (Wildman–Crippen MR) is 107 cm³/mol. The first kappa shape index (κ1) is 18.0. The third-order valence-electron chi connectivity index (χ3n) is 3.79. The van der Waals surface area contributed by atoms with Crippen LogP contribution < -0.4 is 10.1 Å². The van der Waals surface area contributed by atoms with Gasteiger partial charge in [-0.25, -0.2) is 4.98 Å². The molecule has 3 aromatic rings. The predicted octanol–water partition coefficient (Wildman–Crippen LogP) is 5.01. The maximum atomic E-state index is 11.4. The van der Waals surface area contributed by atoms with Crippen molar-refractivity contribution in [3.8, 4) is 16.9 Å². The Morgan fingerprint density at radius 2 is 1.85 bits per heavy atom. The summed E-state index contributed by atoms with van der Waals surface area (Å²) < 4.78 is 5.20. The lowest BCUT2D eigenvalue weighted by Crippen LogP contribution is -2.06. The number of aromatic nitrogens is 1. The number of benzene rings is 2. The van der Waals surface area contributed by atoms with Gasteiger partial charge < -0.3 is 10.1 Å². The van der Waals surface area contributed by atoms with Gasteiger partial charge in [-0.1, -0.05) is 42.5 Å². The summed E-state index contributed by atoms with van der Waals surface area (Å²) in [4.78, 5) is 15.9. The zero-order chi connectivity index (χ0) is 18.4. The molecule has 2 aromatic carbocycles. The molecule has 3 rings (SSSR count). The Hall–Kier alpha value is -2.79. The van der Waals surface area contributed by atoms with Gasteiger partial charge in [0, 0.05) is 18.2 Å². The van der Waals surface area contributed by atoms with Gasteiger partial charge >= 0.3 is 0 Å². The van der Waals surface area contributed by atoms with Gasteiger partial charge in [-0.2, -0.15) is 0 Å². The molecule has 1 aromatic heterocycles. The van der Waals surface area contributed by atoms with Crippen LogP contribution in [0.1, 0.15) is 12.5 Å². The first-order valence-electron chi connectivity index (χ1n) is 8.24. The molecular formula is C21H20N2O2S. The summed E-state index contributed by atoms with van der Waals surface area (Å²) in [5, 5.41) is 3.74. The number of rotatable bonds is 6. The molecule has 0 aliphatic heterocycles. The summed E-state index contributed by atoms with van der Waals surface area (Å²) in [5.74, 6) is 1.54. The standard InChI is InChI=1S/C21H20N2O2S/c1-15(24)23-18-12-20(17-6-4-3-5-7-17)21(22-13-18)26-14-16-8-10-19(25-2)11-9-16/h3-13H,14H2,1-2H3,(H,23,24). The molecule has 0 fully saturated rings. The molecule has 0 aliphatic rings. The molecule has 0 unspecified atom stereocenters. The van der Waals surface area contributed by atoms with E-state index in [0.717, 1.165) is 27.7 Å². The van der Waals surface area contributed by atoms with Gasteiger partial charge in [0.05, 0.1) is 19.0 Å². The van der Waals surface area contributed by atoms with Crippen molar-refractivity contribution in [2.75, 3.05) is 12.4 Å². The number of nitrogens with one attached hydrogen (secondary N) is 1. The van der Waals surface area contributed by atoms with Crippen molar-refractivity contribution in [2.24, 2.45) is 0 Å². The number of anilines is 1. The Morgan fingerprint density at radius 1 is 1.12 bits per heavy atom. The second-order valence-electron chi connectivity index (χ2n) is 5.76. The van der Waals surface area contributed by atoms with E-state index in [0.29, 0.717) is 5.69 Å². The van der Waals surface area contributed by atoms with E-state index in [2.05, 4.69) is 22.4 Å². The molecule has 0 aliphatic carbocycles. The molecular weight excluding hydrogens is 344 g/mol. The number of hydrogen-bond acceptors (Lipinski definition) is 4. The highest BCUT2D eigenvalue weighted by Gasteiger charge is 2.10. The van der Waals surface area contributed by atoms with Crippen LogP contribution in [0.5, 0.6) is 5.75 Å². The second-order valence-corrected chi connectivity index (χ2v) is 6.72. The highest BCUT2D eigenvalue weighted by molar-refractivity contribution is 7.98. The molecule has 5 heteroatoms. The molecule has 0 atom stereocenters. The molecule has 1 heterocycles. The van der Waals surface area contributed by atoms with Gasteiger partial charge in [-0.05, 0) is 29.3 Å². The maximum absolute atomic E-state index is 11.4. The van der Waals surface area contributed by atoms with Gasteiger partial charge in [-0.15, -0.1) is 11.8 Å². The largest absolute Gasteiger partial charge is 0.497 e. The number of carbonyl (C=O) groups excluding carboxylic acids is 1. The normalized spacial score (nSPS) is 10.4. The Morgan fingerprint density at radius 3 is 2.50 bits per heavy atom. The Bertz CT molecular complexity index is 880. The molecule has 0 radical (unpaired) electrons. The number of ether oxygens (including phenoxy) is 1. The number of nitrogens with zero attached hydrogens (tertiary/aromatic N) is 1. The number of thioether (sulfide) groups is 1. The Labute approximate surface area is 157 Å². The minimum absolute atomic E-state index is 0.107. The van der Waals surface area contributed by atoms with Crippen LogP contribution in [0.4, 0.5) is 5.69 Å². The highest BCUT2D eigenvalue weighted by atomic mass is 32.2.